The number of nitrogens with zero attached hydrogens (tertiary/aromatic N) is 2. The number of likely N-dealkylation sites (tertiary alicyclic amines) is 1. The van der Waals surface area contributed by atoms with Crippen LogP contribution in [0, 0.1) is 0 Å². The van der Waals surface area contributed by atoms with E-state index in [0.717, 1.165) is 38.4 Å². The van der Waals surface area contributed by atoms with Crippen molar-refractivity contribution >= 4 is 41.9 Å². The SMILES string of the molecule is CCNC(=NCCNC(=O)c1ccco1)N1CCC(=Cc2ccccc2)CC1.I. The Kier molecular flexibility index (Phi) is 9.76. The van der Waals surface area contributed by atoms with Crippen LogP contribution in [0.15, 0.2) is 63.7 Å². The van der Waals surface area contributed by atoms with Crippen LogP contribution in [-0.4, -0.2) is 49.5 Å². The van der Waals surface area contributed by atoms with Crippen LogP contribution in [0.5, 0.6) is 0 Å². The Bertz CT molecular complexity index is 793. The molecule has 1 aromatic carbocycles. The van der Waals surface area contributed by atoms with Crippen LogP contribution < -0.4 is 10.6 Å². The van der Waals surface area contributed by atoms with Crippen LogP contribution in [0.2, 0.25) is 0 Å². The lowest BCUT2D eigenvalue weighted by Gasteiger charge is -2.31. The second-order valence-corrected chi connectivity index (χ2v) is 6.67. The number of piperidine rings is 1. The molecule has 1 fully saturated rings. The summed E-state index contributed by atoms with van der Waals surface area (Å²) >= 11 is 0. The fraction of sp³-hybridized carbons (Fsp3) is 0.364. The molecular formula is C22H29IN4O2. The molecule has 2 N–H and O–H groups in total. The molecule has 1 aliphatic heterocycles. The quantitative estimate of drug-likeness (QED) is 0.270. The average molecular weight is 508 g/mol. The summed E-state index contributed by atoms with van der Waals surface area (Å²) in [5, 5.41) is 6.18. The molecule has 2 heterocycles. The Morgan fingerprint density at radius 1 is 1.14 bits per heavy atom. The van der Waals surface area contributed by atoms with E-state index in [2.05, 4.69) is 57.8 Å². The van der Waals surface area contributed by atoms with Crippen LogP contribution in [0.3, 0.4) is 0 Å². The molecule has 1 saturated heterocycles. The molecule has 7 heteroatoms. The maximum atomic E-state index is 11.9. The number of carbonyl (C=O) groups is 1. The summed E-state index contributed by atoms with van der Waals surface area (Å²) in [4.78, 5) is 18.8. The predicted octanol–water partition coefficient (Wildman–Crippen LogP) is 3.77. The van der Waals surface area contributed by atoms with Gasteiger partial charge in [-0.05, 0) is 37.5 Å². The molecule has 0 spiro atoms. The largest absolute Gasteiger partial charge is 0.459 e. The van der Waals surface area contributed by atoms with Crippen molar-refractivity contribution in [3.05, 3.63) is 65.6 Å². The zero-order chi connectivity index (χ0) is 19.6. The standard InChI is InChI=1S/C22H28N4O2.HI/c1-2-23-22(25-13-12-24-21(27)20-9-6-16-28-20)26-14-10-19(11-15-26)17-18-7-4-3-5-8-18;/h3-9,16-17H,2,10-15H2,1H3,(H,23,25)(H,24,27);1H. The van der Waals surface area contributed by atoms with Gasteiger partial charge in [0.1, 0.15) is 0 Å². The number of aliphatic imine (C=N–C) groups is 1. The van der Waals surface area contributed by atoms with Crippen molar-refractivity contribution in [1.82, 2.24) is 15.5 Å². The molecule has 0 saturated carbocycles. The topological polar surface area (TPSA) is 69.9 Å². The molecule has 1 aliphatic rings. The third-order valence-electron chi connectivity index (χ3n) is 4.61. The smallest absolute Gasteiger partial charge is 0.287 e. The van der Waals surface area contributed by atoms with Crippen molar-refractivity contribution in [1.29, 1.82) is 0 Å². The van der Waals surface area contributed by atoms with Gasteiger partial charge in [0.25, 0.3) is 5.91 Å². The Hall–Kier alpha value is -2.29. The van der Waals surface area contributed by atoms with Gasteiger partial charge in [0.15, 0.2) is 11.7 Å². The third kappa shape index (κ3) is 7.23. The number of carbonyl (C=O) groups excluding carboxylic acids is 1. The van der Waals surface area contributed by atoms with Gasteiger partial charge in [0.05, 0.1) is 12.8 Å². The monoisotopic (exact) mass is 508 g/mol. The number of furan rings is 1. The highest BCUT2D eigenvalue weighted by atomic mass is 127. The average Bonchev–Trinajstić information content (AvgIpc) is 3.27. The van der Waals surface area contributed by atoms with Crippen LogP contribution in [0.4, 0.5) is 0 Å². The number of benzene rings is 1. The molecule has 3 rings (SSSR count). The number of nitrogens with one attached hydrogen (secondary N) is 2. The number of guanidine groups is 1. The van der Waals surface area contributed by atoms with Gasteiger partial charge in [-0.25, -0.2) is 0 Å². The Balaban J connectivity index is 0.00000300. The van der Waals surface area contributed by atoms with Crippen molar-refractivity contribution in [3.8, 4) is 0 Å². The molecule has 2 aromatic rings. The fourth-order valence-electron chi connectivity index (χ4n) is 3.19. The summed E-state index contributed by atoms with van der Waals surface area (Å²) in [7, 11) is 0. The summed E-state index contributed by atoms with van der Waals surface area (Å²) in [6.45, 7) is 5.78. The van der Waals surface area contributed by atoms with Gasteiger partial charge in [0.2, 0.25) is 0 Å². The molecule has 29 heavy (non-hydrogen) atoms. The van der Waals surface area contributed by atoms with Crippen molar-refractivity contribution in [2.45, 2.75) is 19.8 Å². The number of hydrogen-bond donors (Lipinski definition) is 2. The van der Waals surface area contributed by atoms with Crippen molar-refractivity contribution in [2.24, 2.45) is 4.99 Å². The van der Waals surface area contributed by atoms with E-state index in [9.17, 15) is 4.79 Å². The van der Waals surface area contributed by atoms with E-state index in [1.54, 1.807) is 12.1 Å². The highest BCUT2D eigenvalue weighted by Gasteiger charge is 2.17. The number of rotatable bonds is 6. The van der Waals surface area contributed by atoms with Crippen LogP contribution in [0.25, 0.3) is 6.08 Å². The minimum Gasteiger partial charge on any atom is -0.459 e. The second kappa shape index (κ2) is 12.3. The first-order valence-corrected chi connectivity index (χ1v) is 9.85. The highest BCUT2D eigenvalue weighted by Crippen LogP contribution is 2.19. The Morgan fingerprint density at radius 2 is 1.90 bits per heavy atom. The van der Waals surface area contributed by atoms with E-state index in [-0.39, 0.29) is 29.9 Å². The maximum absolute atomic E-state index is 11.9. The molecule has 0 bridgehead atoms. The summed E-state index contributed by atoms with van der Waals surface area (Å²) in [5.41, 5.74) is 2.74. The van der Waals surface area contributed by atoms with Crippen molar-refractivity contribution < 1.29 is 9.21 Å². The van der Waals surface area contributed by atoms with E-state index in [1.165, 1.54) is 17.4 Å². The van der Waals surface area contributed by atoms with Crippen LogP contribution in [0.1, 0.15) is 35.9 Å². The van der Waals surface area contributed by atoms with Gasteiger partial charge in [-0.15, -0.1) is 24.0 Å². The minimum atomic E-state index is -0.209. The lowest BCUT2D eigenvalue weighted by Crippen LogP contribution is -2.44. The van der Waals surface area contributed by atoms with Gasteiger partial charge in [-0.1, -0.05) is 42.0 Å². The lowest BCUT2D eigenvalue weighted by molar-refractivity contribution is 0.0927. The van der Waals surface area contributed by atoms with Crippen molar-refractivity contribution in [3.63, 3.8) is 0 Å². The lowest BCUT2D eigenvalue weighted by atomic mass is 10.0. The molecule has 0 unspecified atom stereocenters. The summed E-state index contributed by atoms with van der Waals surface area (Å²) in [6, 6.07) is 13.8. The second-order valence-electron chi connectivity index (χ2n) is 6.67. The first-order chi connectivity index (χ1) is 13.8. The van der Waals surface area contributed by atoms with Gasteiger partial charge >= 0.3 is 0 Å². The molecule has 0 atom stereocenters. The molecule has 156 valence electrons. The first kappa shape index (κ1) is 23.0. The van der Waals surface area contributed by atoms with Gasteiger partial charge < -0.3 is 20.0 Å². The normalized spacial score (nSPS) is 14.2. The Labute approximate surface area is 189 Å². The number of hydrogen-bond acceptors (Lipinski definition) is 3. The maximum Gasteiger partial charge on any atom is 0.287 e. The predicted molar refractivity (Wildman–Crippen MR) is 128 cm³/mol. The van der Waals surface area contributed by atoms with E-state index in [1.807, 2.05) is 6.07 Å². The Morgan fingerprint density at radius 3 is 2.55 bits per heavy atom. The zero-order valence-electron chi connectivity index (χ0n) is 16.8. The van der Waals surface area contributed by atoms with Crippen molar-refractivity contribution in [2.75, 3.05) is 32.7 Å². The van der Waals surface area contributed by atoms with Gasteiger partial charge in [0, 0.05) is 26.2 Å². The van der Waals surface area contributed by atoms with Gasteiger partial charge in [-0.3, -0.25) is 9.79 Å². The van der Waals surface area contributed by atoms with E-state index in [0.29, 0.717) is 18.8 Å². The summed E-state index contributed by atoms with van der Waals surface area (Å²) < 4.78 is 5.09. The van der Waals surface area contributed by atoms with Crippen LogP contribution >= 0.6 is 24.0 Å². The minimum absolute atomic E-state index is 0. The number of amides is 1. The van der Waals surface area contributed by atoms with E-state index < -0.39 is 0 Å². The van der Waals surface area contributed by atoms with E-state index >= 15 is 0 Å². The zero-order valence-corrected chi connectivity index (χ0v) is 19.1. The highest BCUT2D eigenvalue weighted by molar-refractivity contribution is 14.0. The molecule has 1 aromatic heterocycles. The molecular weight excluding hydrogens is 479 g/mol. The molecule has 0 aliphatic carbocycles. The first-order valence-electron chi connectivity index (χ1n) is 9.85. The molecule has 1 amide bonds. The van der Waals surface area contributed by atoms with Crippen LogP contribution in [-0.2, 0) is 0 Å². The summed E-state index contributed by atoms with van der Waals surface area (Å²) in [5.74, 6) is 1.03. The van der Waals surface area contributed by atoms with Gasteiger partial charge in [-0.2, -0.15) is 0 Å². The summed E-state index contributed by atoms with van der Waals surface area (Å²) in [6.07, 6.45) is 5.86. The number of halogens is 1. The molecule has 6 nitrogen and oxygen atoms in total. The van der Waals surface area contributed by atoms with E-state index in [4.69, 9.17) is 4.42 Å². The third-order valence-corrected chi connectivity index (χ3v) is 4.61. The molecule has 0 radical (unpaired) electrons. The fourth-order valence-corrected chi connectivity index (χ4v) is 3.19.